The maximum atomic E-state index is 12.8. The average molecular weight is 368 g/mol. The molecule has 0 aliphatic carbocycles. The summed E-state index contributed by atoms with van der Waals surface area (Å²) in [5, 5.41) is 9.18. The van der Waals surface area contributed by atoms with Crippen LogP contribution in [-0.4, -0.2) is 66.0 Å². The summed E-state index contributed by atoms with van der Waals surface area (Å²) in [4.78, 5) is 25.4. The fourth-order valence-corrected chi connectivity index (χ4v) is 4.20. The van der Waals surface area contributed by atoms with Gasteiger partial charge in [-0.2, -0.15) is 0 Å². The lowest BCUT2D eigenvalue weighted by molar-refractivity contribution is -0.138. The summed E-state index contributed by atoms with van der Waals surface area (Å²) in [6.45, 7) is 3.68. The minimum absolute atomic E-state index is 0.0404. The van der Waals surface area contributed by atoms with Crippen molar-refractivity contribution in [2.24, 2.45) is 0 Å². The number of carboxylic acid groups (broad SMARTS) is 1. The van der Waals surface area contributed by atoms with Crippen LogP contribution in [0.15, 0.2) is 24.3 Å². The Balaban J connectivity index is 2.16. The van der Waals surface area contributed by atoms with E-state index >= 15 is 0 Å². The molecule has 1 heterocycles. The number of hydrogen-bond donors (Lipinski definition) is 1. The molecule has 0 unspecified atom stereocenters. The zero-order chi connectivity index (χ0) is 18.6. The molecule has 1 fully saturated rings. The van der Waals surface area contributed by atoms with Crippen LogP contribution in [0, 0.1) is 6.92 Å². The summed E-state index contributed by atoms with van der Waals surface area (Å²) in [7, 11) is -3.26. The molecule has 138 valence electrons. The molecule has 25 heavy (non-hydrogen) atoms. The first-order chi connectivity index (χ1) is 11.7. The van der Waals surface area contributed by atoms with Gasteiger partial charge in [0.05, 0.1) is 5.75 Å². The summed E-state index contributed by atoms with van der Waals surface area (Å²) >= 11 is 0. The van der Waals surface area contributed by atoms with Gasteiger partial charge in [0.1, 0.15) is 6.54 Å². The average Bonchev–Trinajstić information content (AvgIpc) is 2.59. The van der Waals surface area contributed by atoms with Crippen LogP contribution in [-0.2, 0) is 14.8 Å². The Morgan fingerprint density at radius 2 is 1.92 bits per heavy atom. The standard InChI is InChI=1S/C17H24N2O5S/c1-3-25(23,24)18-9-7-15(8-10-18)19(12-16(20)21)17(22)14-6-4-5-13(2)11-14/h4-6,11,15H,3,7-10,12H2,1-2H3,(H,20,21). The molecule has 0 saturated carbocycles. The highest BCUT2D eigenvalue weighted by atomic mass is 32.2. The first kappa shape index (κ1) is 19.4. The van der Waals surface area contributed by atoms with E-state index in [-0.39, 0.29) is 17.7 Å². The molecule has 2 rings (SSSR count). The van der Waals surface area contributed by atoms with Crippen LogP contribution < -0.4 is 0 Å². The monoisotopic (exact) mass is 368 g/mol. The molecule has 1 amide bonds. The molecule has 0 radical (unpaired) electrons. The van der Waals surface area contributed by atoms with E-state index in [4.69, 9.17) is 0 Å². The maximum Gasteiger partial charge on any atom is 0.323 e. The van der Waals surface area contributed by atoms with Crippen LogP contribution in [0.1, 0.15) is 35.7 Å². The predicted molar refractivity (Wildman–Crippen MR) is 93.9 cm³/mol. The van der Waals surface area contributed by atoms with Crippen LogP contribution in [0.4, 0.5) is 0 Å². The molecule has 1 aliphatic rings. The number of carbonyl (C=O) groups is 2. The Morgan fingerprint density at radius 3 is 2.44 bits per heavy atom. The Kier molecular flexibility index (Phi) is 6.18. The zero-order valence-electron chi connectivity index (χ0n) is 14.5. The van der Waals surface area contributed by atoms with E-state index < -0.39 is 22.5 Å². The normalized spacial score (nSPS) is 16.6. The molecule has 1 aliphatic heterocycles. The first-order valence-electron chi connectivity index (χ1n) is 8.32. The minimum atomic E-state index is -3.26. The molecule has 0 atom stereocenters. The van der Waals surface area contributed by atoms with Crippen molar-refractivity contribution in [3.8, 4) is 0 Å². The fraction of sp³-hybridized carbons (Fsp3) is 0.529. The number of aryl methyl sites for hydroxylation is 1. The quantitative estimate of drug-likeness (QED) is 0.817. The summed E-state index contributed by atoms with van der Waals surface area (Å²) < 4.78 is 25.3. The van der Waals surface area contributed by atoms with Gasteiger partial charge in [-0.3, -0.25) is 9.59 Å². The number of carbonyl (C=O) groups excluding carboxylic acids is 1. The summed E-state index contributed by atoms with van der Waals surface area (Å²) in [5.74, 6) is -1.37. The Morgan fingerprint density at radius 1 is 1.28 bits per heavy atom. The molecular formula is C17H24N2O5S. The Labute approximate surface area is 148 Å². The van der Waals surface area contributed by atoms with E-state index in [2.05, 4.69) is 0 Å². The van der Waals surface area contributed by atoms with Gasteiger partial charge in [-0.15, -0.1) is 0 Å². The molecule has 8 heteroatoms. The van der Waals surface area contributed by atoms with Crippen molar-refractivity contribution in [3.05, 3.63) is 35.4 Å². The SMILES string of the molecule is CCS(=O)(=O)N1CCC(N(CC(=O)O)C(=O)c2cccc(C)c2)CC1. The third kappa shape index (κ3) is 4.79. The minimum Gasteiger partial charge on any atom is -0.480 e. The third-order valence-corrected chi connectivity index (χ3v) is 6.34. The second kappa shape index (κ2) is 7.97. The lowest BCUT2D eigenvalue weighted by Gasteiger charge is -2.37. The highest BCUT2D eigenvalue weighted by Gasteiger charge is 2.33. The van der Waals surface area contributed by atoms with Gasteiger partial charge >= 0.3 is 5.97 Å². The van der Waals surface area contributed by atoms with Gasteiger partial charge in [0, 0.05) is 24.7 Å². The highest BCUT2D eigenvalue weighted by Crippen LogP contribution is 2.21. The summed E-state index contributed by atoms with van der Waals surface area (Å²) in [5.41, 5.74) is 1.37. The van der Waals surface area contributed by atoms with E-state index in [1.165, 1.54) is 9.21 Å². The zero-order valence-corrected chi connectivity index (χ0v) is 15.3. The van der Waals surface area contributed by atoms with Crippen LogP contribution in [0.5, 0.6) is 0 Å². The van der Waals surface area contributed by atoms with Gasteiger partial charge in [0.25, 0.3) is 5.91 Å². The predicted octanol–water partition coefficient (Wildman–Crippen LogP) is 1.34. The van der Waals surface area contributed by atoms with Gasteiger partial charge < -0.3 is 10.0 Å². The largest absolute Gasteiger partial charge is 0.480 e. The lowest BCUT2D eigenvalue weighted by Crippen LogP contribution is -2.50. The van der Waals surface area contributed by atoms with E-state index in [0.717, 1.165) is 5.56 Å². The number of benzene rings is 1. The van der Waals surface area contributed by atoms with Gasteiger partial charge in [-0.1, -0.05) is 17.7 Å². The molecule has 0 bridgehead atoms. The van der Waals surface area contributed by atoms with Crippen LogP contribution >= 0.6 is 0 Å². The second-order valence-corrected chi connectivity index (χ2v) is 8.48. The van der Waals surface area contributed by atoms with Gasteiger partial charge in [-0.05, 0) is 38.8 Å². The lowest BCUT2D eigenvalue weighted by atomic mass is 10.0. The third-order valence-electron chi connectivity index (χ3n) is 4.45. The topological polar surface area (TPSA) is 95.0 Å². The number of rotatable bonds is 6. The molecular weight excluding hydrogens is 344 g/mol. The summed E-state index contributed by atoms with van der Waals surface area (Å²) in [6, 6.07) is 6.74. The first-order valence-corrected chi connectivity index (χ1v) is 9.92. The number of amides is 1. The van der Waals surface area contributed by atoms with Crippen molar-refractivity contribution in [2.75, 3.05) is 25.4 Å². The fourth-order valence-electron chi connectivity index (χ4n) is 3.07. The maximum absolute atomic E-state index is 12.8. The van der Waals surface area contributed by atoms with Crippen molar-refractivity contribution in [3.63, 3.8) is 0 Å². The number of aliphatic carboxylic acids is 1. The van der Waals surface area contributed by atoms with E-state index in [1.54, 1.807) is 25.1 Å². The Hall–Kier alpha value is -1.93. The number of carboxylic acids is 1. The van der Waals surface area contributed by atoms with Gasteiger partial charge in [0.2, 0.25) is 10.0 Å². The number of nitrogens with zero attached hydrogens (tertiary/aromatic N) is 2. The van der Waals surface area contributed by atoms with E-state index in [9.17, 15) is 23.1 Å². The number of piperidine rings is 1. The van der Waals surface area contributed by atoms with Crippen LogP contribution in [0.3, 0.4) is 0 Å². The smallest absolute Gasteiger partial charge is 0.323 e. The number of hydrogen-bond acceptors (Lipinski definition) is 4. The second-order valence-electron chi connectivity index (χ2n) is 6.23. The van der Waals surface area contributed by atoms with Crippen molar-refractivity contribution in [1.82, 2.24) is 9.21 Å². The van der Waals surface area contributed by atoms with Crippen LogP contribution in [0.2, 0.25) is 0 Å². The van der Waals surface area contributed by atoms with E-state index in [1.807, 2.05) is 13.0 Å². The van der Waals surface area contributed by atoms with Crippen LogP contribution in [0.25, 0.3) is 0 Å². The number of sulfonamides is 1. The molecule has 0 aromatic heterocycles. The molecule has 1 N–H and O–H groups in total. The van der Waals surface area contributed by atoms with Crippen molar-refractivity contribution < 1.29 is 23.1 Å². The summed E-state index contributed by atoms with van der Waals surface area (Å²) in [6.07, 6.45) is 0.869. The molecule has 7 nitrogen and oxygen atoms in total. The van der Waals surface area contributed by atoms with E-state index in [0.29, 0.717) is 31.5 Å². The van der Waals surface area contributed by atoms with Crippen molar-refractivity contribution in [2.45, 2.75) is 32.7 Å². The molecule has 0 spiro atoms. The molecule has 1 aromatic rings. The Bertz CT molecular complexity index is 739. The van der Waals surface area contributed by atoms with Crippen molar-refractivity contribution in [1.29, 1.82) is 0 Å². The van der Waals surface area contributed by atoms with Gasteiger partial charge in [0.15, 0.2) is 0 Å². The highest BCUT2D eigenvalue weighted by molar-refractivity contribution is 7.89. The van der Waals surface area contributed by atoms with Crippen molar-refractivity contribution >= 4 is 21.9 Å². The van der Waals surface area contributed by atoms with Gasteiger partial charge in [-0.25, -0.2) is 12.7 Å². The molecule has 1 aromatic carbocycles. The molecule has 1 saturated heterocycles.